The molecule has 1 aromatic carbocycles. The van der Waals surface area contributed by atoms with Crippen molar-refractivity contribution >= 4 is 47.2 Å². The van der Waals surface area contributed by atoms with Crippen molar-refractivity contribution in [3.05, 3.63) is 47.5 Å². The van der Waals surface area contributed by atoms with Crippen molar-refractivity contribution < 1.29 is 4.74 Å². The number of methoxy groups -OCH3 is 1. The van der Waals surface area contributed by atoms with Gasteiger partial charge in [0.15, 0.2) is 11.8 Å². The zero-order valence-corrected chi connectivity index (χ0v) is 20.6. The third-order valence-electron chi connectivity index (χ3n) is 4.99. The van der Waals surface area contributed by atoms with E-state index in [0.29, 0.717) is 18.1 Å². The number of anilines is 1. The molecule has 2 aromatic rings. The van der Waals surface area contributed by atoms with Crippen LogP contribution in [0.5, 0.6) is 5.75 Å². The van der Waals surface area contributed by atoms with Crippen molar-refractivity contribution in [3.63, 3.8) is 0 Å². The van der Waals surface area contributed by atoms with Crippen LogP contribution in [0.15, 0.2) is 35.8 Å². The molecular formula is C20H29ClIN7O. The quantitative estimate of drug-likeness (QED) is 0.241. The summed E-state index contributed by atoms with van der Waals surface area (Å²) in [5.74, 6) is 3.24. The number of benzene rings is 1. The summed E-state index contributed by atoms with van der Waals surface area (Å²) in [6.45, 7) is 8.51. The molecule has 1 aliphatic rings. The number of nitrogens with one attached hydrogen (secondary N) is 2. The van der Waals surface area contributed by atoms with E-state index in [4.69, 9.17) is 16.3 Å². The highest BCUT2D eigenvalue weighted by molar-refractivity contribution is 14.0. The fourth-order valence-electron chi connectivity index (χ4n) is 3.26. The molecule has 0 bridgehead atoms. The molecule has 164 valence electrons. The van der Waals surface area contributed by atoms with Gasteiger partial charge in [0, 0.05) is 37.7 Å². The van der Waals surface area contributed by atoms with E-state index in [2.05, 4.69) is 37.3 Å². The van der Waals surface area contributed by atoms with E-state index in [1.165, 1.54) is 0 Å². The van der Waals surface area contributed by atoms with Gasteiger partial charge in [-0.3, -0.25) is 0 Å². The van der Waals surface area contributed by atoms with Gasteiger partial charge in [0.1, 0.15) is 18.1 Å². The summed E-state index contributed by atoms with van der Waals surface area (Å²) in [5.41, 5.74) is 1.01. The van der Waals surface area contributed by atoms with Gasteiger partial charge in [-0.25, -0.2) is 4.99 Å². The van der Waals surface area contributed by atoms with Crippen molar-refractivity contribution in [2.45, 2.75) is 25.9 Å². The fourth-order valence-corrected chi connectivity index (χ4v) is 3.43. The molecule has 1 aliphatic heterocycles. The highest BCUT2D eigenvalue weighted by atomic mass is 127. The normalized spacial score (nSPS) is 16.2. The molecule has 0 amide bonds. The van der Waals surface area contributed by atoms with Gasteiger partial charge < -0.3 is 24.8 Å². The zero-order valence-electron chi connectivity index (χ0n) is 17.6. The highest BCUT2D eigenvalue weighted by Crippen LogP contribution is 2.33. The van der Waals surface area contributed by atoms with Crippen molar-refractivity contribution in [1.29, 1.82) is 0 Å². The standard InChI is InChI=1S/C20H28ClN7O.HI/c1-5-9-22-20(23-12-19-26-25-14(2)27(19)3)24-16-8-10-28(13-16)17-11-15(21)6-7-18(17)29-4;/h5-7,11,16H,1,8-10,12-13H2,2-4H3,(H2,22,23,24);1H. The number of halogens is 2. The molecule has 0 radical (unpaired) electrons. The Labute approximate surface area is 199 Å². The maximum atomic E-state index is 6.19. The van der Waals surface area contributed by atoms with Crippen LogP contribution in [0.4, 0.5) is 5.69 Å². The van der Waals surface area contributed by atoms with E-state index in [1.54, 1.807) is 13.2 Å². The van der Waals surface area contributed by atoms with Gasteiger partial charge in [-0.15, -0.1) is 40.8 Å². The summed E-state index contributed by atoms with van der Waals surface area (Å²) in [7, 11) is 3.62. The molecule has 1 unspecified atom stereocenters. The van der Waals surface area contributed by atoms with Gasteiger partial charge in [-0.05, 0) is 31.5 Å². The average molecular weight is 546 g/mol. The predicted octanol–water partition coefficient (Wildman–Crippen LogP) is 2.90. The van der Waals surface area contributed by atoms with Crippen LogP contribution in [0.1, 0.15) is 18.1 Å². The summed E-state index contributed by atoms with van der Waals surface area (Å²) in [4.78, 5) is 6.95. The number of ether oxygens (including phenoxy) is 1. The second kappa shape index (κ2) is 11.4. The van der Waals surface area contributed by atoms with Crippen molar-refractivity contribution in [2.75, 3.05) is 31.6 Å². The van der Waals surface area contributed by atoms with E-state index in [1.807, 2.05) is 36.7 Å². The first-order valence-corrected chi connectivity index (χ1v) is 9.98. The molecule has 8 nitrogen and oxygen atoms in total. The number of guanidine groups is 1. The summed E-state index contributed by atoms with van der Waals surface area (Å²) in [5, 5.41) is 15.8. The van der Waals surface area contributed by atoms with Crippen LogP contribution < -0.4 is 20.3 Å². The predicted molar refractivity (Wildman–Crippen MR) is 132 cm³/mol. The largest absolute Gasteiger partial charge is 0.495 e. The lowest BCUT2D eigenvalue weighted by atomic mass is 10.2. The zero-order chi connectivity index (χ0) is 20.8. The molecule has 0 aliphatic carbocycles. The summed E-state index contributed by atoms with van der Waals surface area (Å²) >= 11 is 6.19. The first kappa shape index (κ1) is 24.3. The van der Waals surface area contributed by atoms with Crippen LogP contribution in [-0.2, 0) is 13.6 Å². The van der Waals surface area contributed by atoms with Crippen LogP contribution >= 0.6 is 35.6 Å². The number of aryl methyl sites for hydroxylation is 1. The number of nitrogens with zero attached hydrogens (tertiary/aromatic N) is 5. The maximum absolute atomic E-state index is 6.19. The summed E-state index contributed by atoms with van der Waals surface area (Å²) < 4.78 is 7.44. The molecule has 2 N–H and O–H groups in total. The van der Waals surface area contributed by atoms with Crippen LogP contribution in [0.25, 0.3) is 0 Å². The fraction of sp³-hybridized carbons (Fsp3) is 0.450. The van der Waals surface area contributed by atoms with Crippen LogP contribution in [0, 0.1) is 6.92 Å². The molecule has 0 spiro atoms. The molecule has 10 heteroatoms. The van der Waals surface area contributed by atoms with Gasteiger partial charge in [-0.1, -0.05) is 17.7 Å². The van der Waals surface area contributed by atoms with Crippen molar-refractivity contribution in [3.8, 4) is 5.75 Å². The third kappa shape index (κ3) is 6.00. The number of aliphatic imine (C=N–C) groups is 1. The monoisotopic (exact) mass is 545 g/mol. The maximum Gasteiger partial charge on any atom is 0.192 e. The topological polar surface area (TPSA) is 79.6 Å². The summed E-state index contributed by atoms with van der Waals surface area (Å²) in [6.07, 6.45) is 2.79. The smallest absolute Gasteiger partial charge is 0.192 e. The SMILES string of the molecule is C=CCNC(=NCc1nnc(C)n1C)NC1CCN(c2cc(Cl)ccc2OC)C1.I. The van der Waals surface area contributed by atoms with Gasteiger partial charge in [0.25, 0.3) is 0 Å². The first-order chi connectivity index (χ1) is 14.0. The molecule has 2 heterocycles. The van der Waals surface area contributed by atoms with Gasteiger partial charge in [0.2, 0.25) is 0 Å². The number of rotatable bonds is 7. The molecular weight excluding hydrogens is 517 g/mol. The van der Waals surface area contributed by atoms with Gasteiger partial charge in [-0.2, -0.15) is 0 Å². The Kier molecular flexibility index (Phi) is 9.22. The van der Waals surface area contributed by atoms with Crippen molar-refractivity contribution in [1.82, 2.24) is 25.4 Å². The lowest BCUT2D eigenvalue weighted by Crippen LogP contribution is -2.44. The molecule has 1 aromatic heterocycles. The minimum Gasteiger partial charge on any atom is -0.495 e. The lowest BCUT2D eigenvalue weighted by Gasteiger charge is -2.22. The van der Waals surface area contributed by atoms with Crippen LogP contribution in [-0.4, -0.2) is 53.5 Å². The average Bonchev–Trinajstić information content (AvgIpc) is 3.31. The highest BCUT2D eigenvalue weighted by Gasteiger charge is 2.25. The molecule has 1 atom stereocenters. The Hall–Kier alpha value is -2.01. The Balaban J connectivity index is 0.00000320. The Morgan fingerprint density at radius 1 is 1.43 bits per heavy atom. The van der Waals surface area contributed by atoms with Crippen molar-refractivity contribution in [2.24, 2.45) is 12.0 Å². The van der Waals surface area contributed by atoms with Gasteiger partial charge >= 0.3 is 0 Å². The number of hydrogen-bond acceptors (Lipinski definition) is 5. The first-order valence-electron chi connectivity index (χ1n) is 9.61. The molecule has 1 fully saturated rings. The minimum atomic E-state index is 0. The lowest BCUT2D eigenvalue weighted by molar-refractivity contribution is 0.415. The Morgan fingerprint density at radius 3 is 2.90 bits per heavy atom. The number of aromatic nitrogens is 3. The third-order valence-corrected chi connectivity index (χ3v) is 5.22. The van der Waals surface area contributed by atoms with E-state index < -0.39 is 0 Å². The minimum absolute atomic E-state index is 0. The Morgan fingerprint density at radius 2 is 2.23 bits per heavy atom. The van der Waals surface area contributed by atoms with Crippen LogP contribution in [0.3, 0.4) is 0 Å². The molecule has 0 saturated carbocycles. The molecule has 30 heavy (non-hydrogen) atoms. The second-order valence-corrected chi connectivity index (χ2v) is 7.39. The second-order valence-electron chi connectivity index (χ2n) is 6.95. The van der Waals surface area contributed by atoms with Crippen LogP contribution in [0.2, 0.25) is 5.02 Å². The van der Waals surface area contributed by atoms with E-state index >= 15 is 0 Å². The molecule has 1 saturated heterocycles. The summed E-state index contributed by atoms with van der Waals surface area (Å²) in [6, 6.07) is 5.94. The van der Waals surface area contributed by atoms with E-state index in [-0.39, 0.29) is 30.0 Å². The van der Waals surface area contributed by atoms with E-state index in [0.717, 1.165) is 48.6 Å². The number of hydrogen-bond donors (Lipinski definition) is 2. The van der Waals surface area contributed by atoms with Gasteiger partial charge in [0.05, 0.1) is 12.8 Å². The molecule has 3 rings (SSSR count). The Bertz CT molecular complexity index is 886. The van der Waals surface area contributed by atoms with E-state index in [9.17, 15) is 0 Å².